The number of para-hydroxylation sites is 1. The number of piperidine rings is 1. The van der Waals surface area contributed by atoms with Gasteiger partial charge in [-0.25, -0.2) is 5.84 Å². The fourth-order valence-corrected chi connectivity index (χ4v) is 3.46. The number of carbonyl (C=O) groups excluding carboxylic acids is 1. The highest BCUT2D eigenvalue weighted by Gasteiger charge is 2.25. The molecule has 0 radical (unpaired) electrons. The average Bonchev–Trinajstić information content (AvgIpc) is 2.69. The van der Waals surface area contributed by atoms with Crippen molar-refractivity contribution in [3.8, 4) is 0 Å². The van der Waals surface area contributed by atoms with Crippen LogP contribution in [-0.4, -0.2) is 36.5 Å². The number of amides is 1. The number of hydrogen-bond acceptors (Lipinski definition) is 4. The Balaban J connectivity index is 1.57. The van der Waals surface area contributed by atoms with E-state index in [0.717, 1.165) is 31.6 Å². The van der Waals surface area contributed by atoms with Gasteiger partial charge < -0.3 is 10.2 Å². The summed E-state index contributed by atoms with van der Waals surface area (Å²) in [6.45, 7) is 2.63. The topological polar surface area (TPSA) is 70.4 Å². The highest BCUT2D eigenvalue weighted by molar-refractivity contribution is 5.84. The van der Waals surface area contributed by atoms with Gasteiger partial charge in [0.25, 0.3) is 5.91 Å². The van der Waals surface area contributed by atoms with Crippen molar-refractivity contribution < 1.29 is 4.79 Å². The van der Waals surface area contributed by atoms with Gasteiger partial charge in [0.2, 0.25) is 0 Å². The van der Waals surface area contributed by atoms with Gasteiger partial charge in [-0.1, -0.05) is 48.5 Å². The Labute approximate surface area is 149 Å². The SMILES string of the molecule is NNC(=O)C(CN1CCC(c2ccccc2)CC1)Nc1ccccc1. The Kier molecular flexibility index (Phi) is 6.04. The Morgan fingerprint density at radius 1 is 1.04 bits per heavy atom. The third-order valence-corrected chi connectivity index (χ3v) is 4.87. The summed E-state index contributed by atoms with van der Waals surface area (Å²) in [5.41, 5.74) is 4.63. The van der Waals surface area contributed by atoms with E-state index in [1.807, 2.05) is 30.3 Å². The molecule has 4 N–H and O–H groups in total. The molecule has 1 aliphatic heterocycles. The van der Waals surface area contributed by atoms with Crippen LogP contribution in [0.1, 0.15) is 24.3 Å². The number of benzene rings is 2. The van der Waals surface area contributed by atoms with Crippen molar-refractivity contribution in [2.24, 2.45) is 5.84 Å². The van der Waals surface area contributed by atoms with Crippen LogP contribution >= 0.6 is 0 Å². The summed E-state index contributed by atoms with van der Waals surface area (Å²) < 4.78 is 0. The van der Waals surface area contributed by atoms with Crippen LogP contribution in [0.4, 0.5) is 5.69 Å². The van der Waals surface area contributed by atoms with Crippen LogP contribution < -0.4 is 16.6 Å². The van der Waals surface area contributed by atoms with Crippen molar-refractivity contribution in [3.05, 3.63) is 66.2 Å². The first-order valence-corrected chi connectivity index (χ1v) is 8.85. The second kappa shape index (κ2) is 8.65. The zero-order chi connectivity index (χ0) is 17.5. The number of hydrogen-bond donors (Lipinski definition) is 3. The van der Waals surface area contributed by atoms with Gasteiger partial charge in [-0.05, 0) is 49.5 Å². The van der Waals surface area contributed by atoms with E-state index in [0.29, 0.717) is 12.5 Å². The first kappa shape index (κ1) is 17.5. The Hall–Kier alpha value is -2.37. The fraction of sp³-hybridized carbons (Fsp3) is 0.350. The van der Waals surface area contributed by atoms with Crippen LogP contribution in [0, 0.1) is 0 Å². The standard InChI is InChI=1S/C20H26N4O/c21-23-20(25)19(22-18-9-5-2-6-10-18)15-24-13-11-17(12-14-24)16-7-3-1-4-8-16/h1-10,17,19,22H,11-15,21H2,(H,23,25). The van der Waals surface area contributed by atoms with E-state index in [4.69, 9.17) is 5.84 Å². The van der Waals surface area contributed by atoms with E-state index in [-0.39, 0.29) is 11.9 Å². The van der Waals surface area contributed by atoms with Gasteiger partial charge in [-0.3, -0.25) is 10.2 Å². The van der Waals surface area contributed by atoms with E-state index in [2.05, 4.69) is 46.0 Å². The third-order valence-electron chi connectivity index (χ3n) is 4.87. The Morgan fingerprint density at radius 2 is 1.64 bits per heavy atom. The maximum Gasteiger partial charge on any atom is 0.257 e. The molecule has 0 aliphatic carbocycles. The lowest BCUT2D eigenvalue weighted by Gasteiger charge is -2.34. The molecular formula is C20H26N4O. The van der Waals surface area contributed by atoms with Gasteiger partial charge >= 0.3 is 0 Å². The molecule has 2 aromatic carbocycles. The summed E-state index contributed by atoms with van der Waals surface area (Å²) >= 11 is 0. The smallest absolute Gasteiger partial charge is 0.257 e. The molecule has 0 aromatic heterocycles. The molecule has 1 atom stereocenters. The van der Waals surface area contributed by atoms with Crippen molar-refractivity contribution in [1.29, 1.82) is 0 Å². The molecule has 3 rings (SSSR count). The largest absolute Gasteiger partial charge is 0.373 e. The summed E-state index contributed by atoms with van der Waals surface area (Å²) in [4.78, 5) is 14.5. The number of nitrogens with zero attached hydrogens (tertiary/aromatic N) is 1. The molecule has 5 nitrogen and oxygen atoms in total. The Bertz CT molecular complexity index is 654. The second-order valence-corrected chi connectivity index (χ2v) is 6.56. The number of anilines is 1. The maximum absolute atomic E-state index is 12.2. The minimum Gasteiger partial charge on any atom is -0.373 e. The summed E-state index contributed by atoms with van der Waals surface area (Å²) in [6, 6.07) is 20.1. The van der Waals surface area contributed by atoms with Gasteiger partial charge in [0.05, 0.1) is 0 Å². The monoisotopic (exact) mass is 338 g/mol. The van der Waals surface area contributed by atoms with Crippen molar-refractivity contribution in [1.82, 2.24) is 10.3 Å². The number of rotatable bonds is 6. The van der Waals surface area contributed by atoms with Crippen LogP contribution in [0.5, 0.6) is 0 Å². The van der Waals surface area contributed by atoms with E-state index in [9.17, 15) is 4.79 Å². The van der Waals surface area contributed by atoms with Gasteiger partial charge in [0.15, 0.2) is 0 Å². The maximum atomic E-state index is 12.2. The van der Waals surface area contributed by atoms with Crippen LogP contribution in [0.2, 0.25) is 0 Å². The first-order chi connectivity index (χ1) is 12.3. The lowest BCUT2D eigenvalue weighted by atomic mass is 9.89. The van der Waals surface area contributed by atoms with Crippen LogP contribution in [0.15, 0.2) is 60.7 Å². The van der Waals surface area contributed by atoms with Crippen LogP contribution in [0.25, 0.3) is 0 Å². The van der Waals surface area contributed by atoms with Gasteiger partial charge in [0.1, 0.15) is 6.04 Å². The predicted molar refractivity (Wildman–Crippen MR) is 101 cm³/mol. The van der Waals surface area contributed by atoms with Crippen LogP contribution in [0.3, 0.4) is 0 Å². The van der Waals surface area contributed by atoms with Gasteiger partial charge in [-0.2, -0.15) is 0 Å². The van der Waals surface area contributed by atoms with E-state index in [1.54, 1.807) is 0 Å². The lowest BCUT2D eigenvalue weighted by molar-refractivity contribution is -0.122. The molecule has 1 amide bonds. The molecule has 0 saturated carbocycles. The lowest BCUT2D eigenvalue weighted by Crippen LogP contribution is -2.50. The zero-order valence-corrected chi connectivity index (χ0v) is 14.4. The molecule has 1 unspecified atom stereocenters. The number of hydrazine groups is 1. The molecule has 132 valence electrons. The molecule has 2 aromatic rings. The van der Waals surface area contributed by atoms with E-state index >= 15 is 0 Å². The number of nitrogens with two attached hydrogens (primary N) is 1. The molecule has 1 aliphatic rings. The molecule has 0 spiro atoms. The average molecular weight is 338 g/mol. The third kappa shape index (κ3) is 4.81. The van der Waals surface area contributed by atoms with Crippen molar-refractivity contribution in [2.45, 2.75) is 24.8 Å². The van der Waals surface area contributed by atoms with E-state index < -0.39 is 0 Å². The highest BCUT2D eigenvalue weighted by Crippen LogP contribution is 2.27. The number of nitrogens with one attached hydrogen (secondary N) is 2. The predicted octanol–water partition coefficient (Wildman–Crippen LogP) is 2.34. The highest BCUT2D eigenvalue weighted by atomic mass is 16.2. The van der Waals surface area contributed by atoms with Crippen molar-refractivity contribution >= 4 is 11.6 Å². The number of carbonyl (C=O) groups is 1. The van der Waals surface area contributed by atoms with E-state index in [1.165, 1.54) is 5.56 Å². The summed E-state index contributed by atoms with van der Waals surface area (Å²) in [5, 5.41) is 3.29. The summed E-state index contributed by atoms with van der Waals surface area (Å²) in [6.07, 6.45) is 2.23. The minimum absolute atomic E-state index is 0.186. The Morgan fingerprint density at radius 3 is 2.24 bits per heavy atom. The van der Waals surface area contributed by atoms with Gasteiger partial charge in [-0.15, -0.1) is 0 Å². The molecule has 1 heterocycles. The minimum atomic E-state index is -0.360. The molecule has 25 heavy (non-hydrogen) atoms. The molecule has 1 fully saturated rings. The molecule has 0 bridgehead atoms. The second-order valence-electron chi connectivity index (χ2n) is 6.56. The van der Waals surface area contributed by atoms with Gasteiger partial charge in [0, 0.05) is 12.2 Å². The normalized spacial score (nSPS) is 17.0. The quantitative estimate of drug-likeness (QED) is 0.429. The fourth-order valence-electron chi connectivity index (χ4n) is 3.46. The van der Waals surface area contributed by atoms with Crippen molar-refractivity contribution in [2.75, 3.05) is 25.0 Å². The van der Waals surface area contributed by atoms with Crippen LogP contribution in [-0.2, 0) is 4.79 Å². The zero-order valence-electron chi connectivity index (χ0n) is 14.4. The summed E-state index contributed by atoms with van der Waals surface area (Å²) in [5.74, 6) is 5.80. The first-order valence-electron chi connectivity index (χ1n) is 8.85. The molecular weight excluding hydrogens is 312 g/mol. The number of likely N-dealkylation sites (tertiary alicyclic amines) is 1. The summed E-state index contributed by atoms with van der Waals surface area (Å²) in [7, 11) is 0. The molecule has 5 heteroatoms. The molecule has 1 saturated heterocycles. The van der Waals surface area contributed by atoms with Crippen molar-refractivity contribution in [3.63, 3.8) is 0 Å².